The normalized spacial score (nSPS) is 11.8. The molecule has 7 nitrogen and oxygen atoms in total. The molecule has 0 aliphatic rings. The van der Waals surface area contributed by atoms with Crippen LogP contribution < -0.4 is 10.1 Å². The van der Waals surface area contributed by atoms with E-state index in [9.17, 15) is 4.79 Å². The van der Waals surface area contributed by atoms with E-state index in [2.05, 4.69) is 22.4 Å². The van der Waals surface area contributed by atoms with Crippen LogP contribution in [0.5, 0.6) is 5.75 Å². The number of carbonyl (C=O) groups is 1. The second-order valence-electron chi connectivity index (χ2n) is 5.77. The largest absolute Gasteiger partial charge is 0.484 e. The van der Waals surface area contributed by atoms with Gasteiger partial charge in [-0.15, -0.1) is 0 Å². The molecule has 1 atom stereocenters. The van der Waals surface area contributed by atoms with Gasteiger partial charge in [0.15, 0.2) is 12.4 Å². The highest BCUT2D eigenvalue weighted by Gasteiger charge is 2.14. The number of nitrogens with one attached hydrogen (secondary N) is 1. The fourth-order valence-electron chi connectivity index (χ4n) is 2.00. The van der Waals surface area contributed by atoms with E-state index in [0.717, 1.165) is 24.4 Å². The average Bonchev–Trinajstić information content (AvgIpc) is 3.03. The van der Waals surface area contributed by atoms with Crippen LogP contribution in [-0.2, 0) is 11.2 Å². The summed E-state index contributed by atoms with van der Waals surface area (Å²) in [6.45, 7) is 4.06. The summed E-state index contributed by atoms with van der Waals surface area (Å²) in [6.07, 6.45) is 1.80. The molecular formula is C17H24N4O3. The maximum atomic E-state index is 11.5. The van der Waals surface area contributed by atoms with Crippen molar-refractivity contribution in [1.29, 1.82) is 0 Å². The fourth-order valence-corrected chi connectivity index (χ4v) is 2.00. The number of carbonyl (C=O) groups excluding carboxylic acids is 1. The molecular weight excluding hydrogens is 308 g/mol. The van der Waals surface area contributed by atoms with Crippen molar-refractivity contribution in [3.8, 4) is 5.75 Å². The van der Waals surface area contributed by atoms with E-state index in [-0.39, 0.29) is 18.6 Å². The van der Waals surface area contributed by atoms with Crippen molar-refractivity contribution >= 4 is 11.6 Å². The molecule has 0 saturated heterocycles. The lowest BCUT2D eigenvalue weighted by molar-refractivity contribution is -0.130. The number of aryl methyl sites for hydroxylation is 1. The van der Waals surface area contributed by atoms with Crippen LogP contribution in [-0.4, -0.2) is 41.6 Å². The van der Waals surface area contributed by atoms with Crippen LogP contribution in [0.2, 0.25) is 0 Å². The number of hydrogen-bond donors (Lipinski definition) is 1. The number of likely N-dealkylation sites (N-methyl/N-ethyl adjacent to an activating group) is 1. The number of ether oxygens (including phenoxy) is 1. The molecule has 2 rings (SSSR count). The minimum Gasteiger partial charge on any atom is -0.484 e. The maximum Gasteiger partial charge on any atom is 0.259 e. The number of hydrogen-bond acceptors (Lipinski definition) is 6. The van der Waals surface area contributed by atoms with Crippen molar-refractivity contribution in [2.24, 2.45) is 0 Å². The molecule has 0 spiro atoms. The Morgan fingerprint density at radius 1 is 1.33 bits per heavy atom. The average molecular weight is 332 g/mol. The number of rotatable bonds is 8. The van der Waals surface area contributed by atoms with Gasteiger partial charge in [-0.2, -0.15) is 4.98 Å². The summed E-state index contributed by atoms with van der Waals surface area (Å²) >= 11 is 0. The van der Waals surface area contributed by atoms with Crippen molar-refractivity contribution in [1.82, 2.24) is 15.0 Å². The van der Waals surface area contributed by atoms with Gasteiger partial charge in [-0.25, -0.2) is 0 Å². The van der Waals surface area contributed by atoms with Crippen LogP contribution in [0.15, 0.2) is 28.8 Å². The lowest BCUT2D eigenvalue weighted by Crippen LogP contribution is -2.27. The Morgan fingerprint density at radius 2 is 2.04 bits per heavy atom. The zero-order valence-electron chi connectivity index (χ0n) is 14.6. The van der Waals surface area contributed by atoms with Gasteiger partial charge in [0.05, 0.1) is 0 Å². The fraction of sp³-hybridized carbons (Fsp3) is 0.471. The zero-order valence-corrected chi connectivity index (χ0v) is 14.6. The highest BCUT2D eigenvalue weighted by molar-refractivity contribution is 5.77. The highest BCUT2D eigenvalue weighted by atomic mass is 16.5. The summed E-state index contributed by atoms with van der Waals surface area (Å²) in [7, 11) is 3.40. The monoisotopic (exact) mass is 332 g/mol. The first-order valence-electron chi connectivity index (χ1n) is 8.01. The van der Waals surface area contributed by atoms with E-state index in [1.165, 1.54) is 4.90 Å². The number of anilines is 1. The highest BCUT2D eigenvalue weighted by Crippen LogP contribution is 2.21. The second kappa shape index (κ2) is 8.33. The number of nitrogens with zero attached hydrogens (tertiary/aromatic N) is 3. The van der Waals surface area contributed by atoms with Gasteiger partial charge < -0.3 is 19.5 Å². The van der Waals surface area contributed by atoms with Crippen molar-refractivity contribution in [3.05, 3.63) is 36.0 Å². The van der Waals surface area contributed by atoms with Gasteiger partial charge in [-0.3, -0.25) is 4.79 Å². The molecule has 24 heavy (non-hydrogen) atoms. The summed E-state index contributed by atoms with van der Waals surface area (Å²) < 4.78 is 10.7. The lowest BCUT2D eigenvalue weighted by Gasteiger charge is -2.13. The van der Waals surface area contributed by atoms with Crippen LogP contribution in [0.1, 0.15) is 38.0 Å². The third-order valence-corrected chi connectivity index (χ3v) is 3.43. The predicted molar refractivity (Wildman–Crippen MR) is 91.0 cm³/mol. The van der Waals surface area contributed by atoms with E-state index in [1.54, 1.807) is 14.1 Å². The molecule has 0 aliphatic carbocycles. The summed E-state index contributed by atoms with van der Waals surface area (Å²) in [4.78, 5) is 17.4. The smallest absolute Gasteiger partial charge is 0.259 e. The van der Waals surface area contributed by atoms with Gasteiger partial charge in [-0.05, 0) is 37.6 Å². The van der Waals surface area contributed by atoms with Crippen molar-refractivity contribution in [2.45, 2.75) is 32.7 Å². The van der Waals surface area contributed by atoms with E-state index in [0.29, 0.717) is 11.6 Å². The van der Waals surface area contributed by atoms with Crippen molar-refractivity contribution in [3.63, 3.8) is 0 Å². The molecule has 0 aliphatic heterocycles. The Morgan fingerprint density at radius 3 is 2.67 bits per heavy atom. The molecule has 0 fully saturated rings. The van der Waals surface area contributed by atoms with Gasteiger partial charge in [-0.1, -0.05) is 12.1 Å². The summed E-state index contributed by atoms with van der Waals surface area (Å²) in [5.74, 6) is 1.86. The summed E-state index contributed by atoms with van der Waals surface area (Å²) in [5, 5.41) is 7.25. The topological polar surface area (TPSA) is 80.5 Å². The second-order valence-corrected chi connectivity index (χ2v) is 5.77. The molecule has 130 valence electrons. The molecule has 1 N–H and O–H groups in total. The minimum atomic E-state index is -0.0924. The molecule has 1 aromatic carbocycles. The quantitative estimate of drug-likeness (QED) is 0.800. The van der Waals surface area contributed by atoms with Crippen LogP contribution in [0.4, 0.5) is 5.69 Å². The Kier molecular flexibility index (Phi) is 6.17. The van der Waals surface area contributed by atoms with Crippen LogP contribution in [0.25, 0.3) is 0 Å². The summed E-state index contributed by atoms with van der Waals surface area (Å²) in [5.41, 5.74) is 0.907. The van der Waals surface area contributed by atoms with E-state index in [4.69, 9.17) is 9.26 Å². The van der Waals surface area contributed by atoms with E-state index >= 15 is 0 Å². The van der Waals surface area contributed by atoms with Crippen molar-refractivity contribution in [2.75, 3.05) is 26.0 Å². The Bertz CT molecular complexity index is 652. The molecule has 0 saturated carbocycles. The van der Waals surface area contributed by atoms with Gasteiger partial charge in [0.2, 0.25) is 5.89 Å². The lowest BCUT2D eigenvalue weighted by atomic mass is 10.2. The van der Waals surface area contributed by atoms with Gasteiger partial charge in [0.1, 0.15) is 11.8 Å². The van der Waals surface area contributed by atoms with Crippen molar-refractivity contribution < 1.29 is 14.1 Å². The molecule has 1 aromatic heterocycles. The Balaban J connectivity index is 1.89. The third kappa shape index (κ3) is 4.97. The van der Waals surface area contributed by atoms with Gasteiger partial charge in [0.25, 0.3) is 5.91 Å². The molecule has 2 aromatic rings. The van der Waals surface area contributed by atoms with Gasteiger partial charge in [0, 0.05) is 26.2 Å². The first kappa shape index (κ1) is 17.8. The van der Waals surface area contributed by atoms with E-state index in [1.807, 2.05) is 31.2 Å². The zero-order chi connectivity index (χ0) is 17.5. The maximum absolute atomic E-state index is 11.5. The first-order chi connectivity index (χ1) is 11.5. The molecule has 0 unspecified atom stereocenters. The molecule has 0 radical (unpaired) electrons. The SMILES string of the molecule is CCCc1noc([C@H](C)Nc2ccc(OCC(=O)N(C)C)cc2)n1. The molecule has 7 heteroatoms. The molecule has 1 amide bonds. The summed E-state index contributed by atoms with van der Waals surface area (Å²) in [6, 6.07) is 7.30. The van der Waals surface area contributed by atoms with E-state index < -0.39 is 0 Å². The number of benzene rings is 1. The molecule has 1 heterocycles. The van der Waals surface area contributed by atoms with Crippen LogP contribution >= 0.6 is 0 Å². The van der Waals surface area contributed by atoms with Crippen LogP contribution in [0.3, 0.4) is 0 Å². The van der Waals surface area contributed by atoms with Crippen LogP contribution in [0, 0.1) is 0 Å². The minimum absolute atomic E-state index is 0.0262. The third-order valence-electron chi connectivity index (χ3n) is 3.43. The number of amides is 1. The standard InChI is InChI=1S/C17H24N4O3/c1-5-6-15-19-17(24-20-15)12(2)18-13-7-9-14(10-8-13)23-11-16(22)21(3)4/h7-10,12,18H,5-6,11H2,1-4H3/t12-/m0/s1. The Hall–Kier alpha value is -2.57. The van der Waals surface area contributed by atoms with Gasteiger partial charge >= 0.3 is 0 Å². The molecule has 0 bridgehead atoms. The number of aromatic nitrogens is 2. The first-order valence-corrected chi connectivity index (χ1v) is 8.01. The Labute approximate surface area is 142 Å². The predicted octanol–water partition coefficient (Wildman–Crippen LogP) is 2.66.